The quantitative estimate of drug-likeness (QED) is 0.453. The summed E-state index contributed by atoms with van der Waals surface area (Å²) in [5.74, 6) is 8.09. The molecule has 2 aliphatic carbocycles. The largest absolute Gasteiger partial charge is 0.493 e. The zero-order valence-corrected chi connectivity index (χ0v) is 17.1. The van der Waals surface area contributed by atoms with Gasteiger partial charge in [-0.05, 0) is 68.4 Å². The maximum absolute atomic E-state index is 10.8. The predicted molar refractivity (Wildman–Crippen MR) is 115 cm³/mol. The number of methoxy groups -OCH3 is 1. The van der Waals surface area contributed by atoms with E-state index in [1.165, 1.54) is 25.0 Å². The van der Waals surface area contributed by atoms with Gasteiger partial charge in [-0.15, -0.1) is 0 Å². The van der Waals surface area contributed by atoms with Gasteiger partial charge >= 0.3 is 0 Å². The lowest BCUT2D eigenvalue weighted by molar-refractivity contribution is -0.384. The summed E-state index contributed by atoms with van der Waals surface area (Å²) in [5.41, 5.74) is 7.68. The van der Waals surface area contributed by atoms with E-state index in [2.05, 4.69) is 11.8 Å². The first-order valence-electron chi connectivity index (χ1n) is 10.4. The highest BCUT2D eigenvalue weighted by molar-refractivity contribution is 5.51. The molecule has 2 aromatic carbocycles. The van der Waals surface area contributed by atoms with Gasteiger partial charge in [0.05, 0.1) is 23.6 Å². The van der Waals surface area contributed by atoms with Gasteiger partial charge in [-0.3, -0.25) is 10.1 Å². The highest BCUT2D eigenvalue weighted by Gasteiger charge is 2.43. The molecule has 2 aliphatic rings. The summed E-state index contributed by atoms with van der Waals surface area (Å²) in [6.45, 7) is 0. The molecule has 2 fully saturated rings. The van der Waals surface area contributed by atoms with Crippen LogP contribution in [0.4, 0.5) is 5.69 Å². The molecule has 0 aliphatic heterocycles. The molecule has 0 atom stereocenters. The maximum Gasteiger partial charge on any atom is 0.269 e. The molecule has 30 heavy (non-hydrogen) atoms. The molecule has 2 aromatic rings. The van der Waals surface area contributed by atoms with Crippen LogP contribution in [-0.4, -0.2) is 24.2 Å². The fraction of sp³-hybridized carbons (Fsp3) is 0.417. The van der Waals surface area contributed by atoms with Crippen molar-refractivity contribution in [1.29, 1.82) is 0 Å². The average molecular weight is 406 g/mol. The first-order valence-corrected chi connectivity index (χ1v) is 10.4. The molecule has 0 heterocycles. The van der Waals surface area contributed by atoms with Gasteiger partial charge in [0, 0.05) is 23.7 Å². The van der Waals surface area contributed by atoms with Crippen LogP contribution in [0.1, 0.15) is 49.7 Å². The monoisotopic (exact) mass is 406 g/mol. The molecule has 4 rings (SSSR count). The summed E-state index contributed by atoms with van der Waals surface area (Å²) in [7, 11) is 1.65. The van der Waals surface area contributed by atoms with Gasteiger partial charge < -0.3 is 15.2 Å². The normalized spacial score (nSPS) is 23.2. The van der Waals surface area contributed by atoms with E-state index in [4.69, 9.17) is 15.2 Å². The van der Waals surface area contributed by atoms with Crippen molar-refractivity contribution in [3.8, 4) is 23.3 Å². The second-order valence-corrected chi connectivity index (χ2v) is 8.19. The summed E-state index contributed by atoms with van der Waals surface area (Å²) in [6.07, 6.45) is 6.31. The Hall–Kier alpha value is -3.04. The van der Waals surface area contributed by atoms with Crippen molar-refractivity contribution < 1.29 is 14.4 Å². The standard InChI is InChI=1S/C24H26N2O4/c1-29-22-11-8-18(14-23(22)30-21-4-2-3-5-21)24(15-19(25)16-24)13-12-17-6-9-20(10-7-17)26(27)28/h6-11,14,19,21H,2-5,15-16,25H2,1H3. The SMILES string of the molecule is COc1ccc(C2(C#Cc3ccc([N+](=O)[O-])cc3)CC(N)C2)cc1OC1CCCC1. The summed E-state index contributed by atoms with van der Waals surface area (Å²) < 4.78 is 11.8. The van der Waals surface area contributed by atoms with E-state index in [1.54, 1.807) is 19.2 Å². The molecule has 0 amide bonds. The molecule has 0 aromatic heterocycles. The topological polar surface area (TPSA) is 87.6 Å². The number of nitro groups is 1. The van der Waals surface area contributed by atoms with Crippen molar-refractivity contribution in [3.05, 3.63) is 63.7 Å². The van der Waals surface area contributed by atoms with Gasteiger partial charge in [-0.1, -0.05) is 17.9 Å². The van der Waals surface area contributed by atoms with Crippen LogP contribution in [0.5, 0.6) is 11.5 Å². The minimum Gasteiger partial charge on any atom is -0.493 e. The minimum atomic E-state index is -0.410. The van der Waals surface area contributed by atoms with E-state index in [0.717, 1.165) is 48.3 Å². The molecular weight excluding hydrogens is 380 g/mol. The van der Waals surface area contributed by atoms with Crippen LogP contribution in [0.2, 0.25) is 0 Å². The fourth-order valence-corrected chi connectivity index (χ4v) is 4.36. The minimum absolute atomic E-state index is 0.0600. The third kappa shape index (κ3) is 4.12. The molecule has 2 saturated carbocycles. The Morgan fingerprint density at radius 3 is 2.40 bits per heavy atom. The van der Waals surface area contributed by atoms with Crippen molar-refractivity contribution in [3.63, 3.8) is 0 Å². The van der Waals surface area contributed by atoms with Crippen molar-refractivity contribution in [2.45, 2.75) is 56.1 Å². The van der Waals surface area contributed by atoms with Gasteiger partial charge in [0.2, 0.25) is 0 Å². The third-order valence-corrected chi connectivity index (χ3v) is 6.06. The van der Waals surface area contributed by atoms with Crippen LogP contribution >= 0.6 is 0 Å². The van der Waals surface area contributed by atoms with Crippen LogP contribution in [0.3, 0.4) is 0 Å². The van der Waals surface area contributed by atoms with E-state index >= 15 is 0 Å². The molecule has 0 saturated heterocycles. The first kappa shape index (κ1) is 20.2. The Balaban J connectivity index is 1.63. The van der Waals surface area contributed by atoms with E-state index in [-0.39, 0.29) is 23.2 Å². The van der Waals surface area contributed by atoms with Crippen LogP contribution < -0.4 is 15.2 Å². The van der Waals surface area contributed by atoms with Crippen molar-refractivity contribution in [2.75, 3.05) is 7.11 Å². The van der Waals surface area contributed by atoms with Crippen LogP contribution in [0, 0.1) is 22.0 Å². The number of ether oxygens (including phenoxy) is 2. The highest BCUT2D eigenvalue weighted by Crippen LogP contribution is 2.45. The molecule has 156 valence electrons. The second-order valence-electron chi connectivity index (χ2n) is 8.19. The fourth-order valence-electron chi connectivity index (χ4n) is 4.36. The molecule has 0 bridgehead atoms. The summed E-state index contributed by atoms with van der Waals surface area (Å²) in [5, 5.41) is 10.8. The van der Waals surface area contributed by atoms with E-state index in [1.807, 2.05) is 18.2 Å². The number of benzene rings is 2. The Kier molecular flexibility index (Phi) is 5.65. The van der Waals surface area contributed by atoms with E-state index in [9.17, 15) is 10.1 Å². The van der Waals surface area contributed by atoms with Crippen molar-refractivity contribution in [1.82, 2.24) is 0 Å². The Labute approximate surface area is 176 Å². The molecule has 0 unspecified atom stereocenters. The smallest absolute Gasteiger partial charge is 0.269 e. The van der Waals surface area contributed by atoms with Gasteiger partial charge in [0.15, 0.2) is 11.5 Å². The second kappa shape index (κ2) is 8.37. The number of hydrogen-bond donors (Lipinski definition) is 1. The molecule has 0 spiro atoms. The number of rotatable bonds is 5. The number of nitrogens with two attached hydrogens (primary N) is 1. The number of nitro benzene ring substituents is 1. The summed E-state index contributed by atoms with van der Waals surface area (Å²) in [6, 6.07) is 12.5. The Morgan fingerprint density at radius 1 is 1.10 bits per heavy atom. The molecule has 6 nitrogen and oxygen atoms in total. The zero-order chi connectivity index (χ0) is 21.1. The van der Waals surface area contributed by atoms with Crippen molar-refractivity contribution >= 4 is 5.69 Å². The van der Waals surface area contributed by atoms with Gasteiger partial charge in [-0.2, -0.15) is 0 Å². The molecule has 6 heteroatoms. The zero-order valence-electron chi connectivity index (χ0n) is 17.1. The first-order chi connectivity index (χ1) is 14.5. The van der Waals surface area contributed by atoms with Gasteiger partial charge in [-0.25, -0.2) is 0 Å². The summed E-state index contributed by atoms with van der Waals surface area (Å²) >= 11 is 0. The average Bonchev–Trinajstić information content (AvgIpc) is 3.23. The van der Waals surface area contributed by atoms with Crippen molar-refractivity contribution in [2.24, 2.45) is 5.73 Å². The lowest BCUT2D eigenvalue weighted by Gasteiger charge is -2.43. The van der Waals surface area contributed by atoms with E-state index in [0.29, 0.717) is 0 Å². The number of nitrogens with zero attached hydrogens (tertiary/aromatic N) is 1. The lowest BCUT2D eigenvalue weighted by atomic mass is 9.62. The summed E-state index contributed by atoms with van der Waals surface area (Å²) in [4.78, 5) is 10.4. The Bertz CT molecular complexity index is 979. The predicted octanol–water partition coefficient (Wildman–Crippen LogP) is 4.34. The number of non-ortho nitro benzene ring substituents is 1. The van der Waals surface area contributed by atoms with Crippen LogP contribution in [-0.2, 0) is 5.41 Å². The van der Waals surface area contributed by atoms with Gasteiger partial charge in [0.25, 0.3) is 5.69 Å². The lowest BCUT2D eigenvalue weighted by Crippen LogP contribution is -2.48. The molecular formula is C24H26N2O4. The van der Waals surface area contributed by atoms with Crippen LogP contribution in [0.15, 0.2) is 42.5 Å². The van der Waals surface area contributed by atoms with E-state index < -0.39 is 4.92 Å². The van der Waals surface area contributed by atoms with Gasteiger partial charge in [0.1, 0.15) is 0 Å². The van der Waals surface area contributed by atoms with Crippen LogP contribution in [0.25, 0.3) is 0 Å². The Morgan fingerprint density at radius 2 is 1.80 bits per heavy atom. The molecule has 0 radical (unpaired) electrons. The molecule has 2 N–H and O–H groups in total. The third-order valence-electron chi connectivity index (χ3n) is 6.06. The highest BCUT2D eigenvalue weighted by atomic mass is 16.6. The maximum atomic E-state index is 10.8. The number of hydrogen-bond acceptors (Lipinski definition) is 5.